The molecule has 0 saturated carbocycles. The number of hydrogen-bond donors (Lipinski definition) is 2. The lowest BCUT2D eigenvalue weighted by atomic mass is 9.86. The number of halogens is 2. The van der Waals surface area contributed by atoms with Crippen LogP contribution in [0.2, 0.25) is 10.0 Å². The van der Waals surface area contributed by atoms with Crippen molar-refractivity contribution in [2.24, 2.45) is 5.41 Å². The van der Waals surface area contributed by atoms with Crippen LogP contribution in [0, 0.1) is 5.41 Å². The lowest BCUT2D eigenvalue weighted by molar-refractivity contribution is -0.138. The zero-order chi connectivity index (χ0) is 28.0. The Morgan fingerprint density at radius 2 is 1.79 bits per heavy atom. The monoisotopic (exact) mass is 560 g/mol. The van der Waals surface area contributed by atoms with E-state index in [2.05, 4.69) is 10.6 Å². The number of nitrogens with zero attached hydrogens (tertiary/aromatic N) is 2. The molecule has 3 unspecified atom stereocenters. The number of benzene rings is 2. The van der Waals surface area contributed by atoms with Gasteiger partial charge in [-0.2, -0.15) is 0 Å². The molecular formula is C28H34Cl2N4O4. The van der Waals surface area contributed by atoms with E-state index in [0.29, 0.717) is 35.1 Å². The molecule has 2 N–H and O–H groups in total. The van der Waals surface area contributed by atoms with Crippen LogP contribution < -0.4 is 10.6 Å². The summed E-state index contributed by atoms with van der Waals surface area (Å²) in [7, 11) is 1.73. The van der Waals surface area contributed by atoms with E-state index < -0.39 is 12.1 Å². The van der Waals surface area contributed by atoms with Gasteiger partial charge in [0.2, 0.25) is 12.3 Å². The summed E-state index contributed by atoms with van der Waals surface area (Å²) in [6, 6.07) is 10.8. The fraction of sp³-hybridized carbons (Fsp3) is 0.429. The lowest BCUT2D eigenvalue weighted by Gasteiger charge is -2.34. The van der Waals surface area contributed by atoms with Crippen molar-refractivity contribution in [3.63, 3.8) is 0 Å². The van der Waals surface area contributed by atoms with E-state index in [4.69, 9.17) is 23.2 Å². The van der Waals surface area contributed by atoms with E-state index in [1.807, 2.05) is 26.8 Å². The molecule has 1 aliphatic heterocycles. The van der Waals surface area contributed by atoms with Crippen molar-refractivity contribution in [3.8, 4) is 0 Å². The minimum absolute atomic E-state index is 0.156. The Labute approximate surface area is 233 Å². The Kier molecular flexibility index (Phi) is 9.93. The predicted molar refractivity (Wildman–Crippen MR) is 148 cm³/mol. The maximum atomic E-state index is 13.1. The quantitative estimate of drug-likeness (QED) is 0.432. The van der Waals surface area contributed by atoms with Gasteiger partial charge in [0.1, 0.15) is 6.29 Å². The van der Waals surface area contributed by atoms with Gasteiger partial charge in [0, 0.05) is 31.2 Å². The van der Waals surface area contributed by atoms with E-state index in [0.717, 1.165) is 23.8 Å². The van der Waals surface area contributed by atoms with Crippen LogP contribution >= 0.6 is 23.2 Å². The molecule has 3 rings (SSSR count). The van der Waals surface area contributed by atoms with Crippen molar-refractivity contribution in [3.05, 3.63) is 69.2 Å². The van der Waals surface area contributed by atoms with Crippen LogP contribution in [0.5, 0.6) is 0 Å². The molecule has 0 bridgehead atoms. The predicted octanol–water partition coefficient (Wildman–Crippen LogP) is 3.68. The molecule has 0 aromatic heterocycles. The van der Waals surface area contributed by atoms with Crippen LogP contribution in [0.1, 0.15) is 48.7 Å². The molecule has 10 heteroatoms. The van der Waals surface area contributed by atoms with Crippen molar-refractivity contribution >= 4 is 47.7 Å². The molecule has 8 nitrogen and oxygen atoms in total. The third-order valence-corrected chi connectivity index (χ3v) is 7.53. The van der Waals surface area contributed by atoms with Crippen molar-refractivity contribution in [1.29, 1.82) is 0 Å². The van der Waals surface area contributed by atoms with Gasteiger partial charge in [0.15, 0.2) is 0 Å². The molecule has 38 heavy (non-hydrogen) atoms. The topological polar surface area (TPSA) is 98.8 Å². The summed E-state index contributed by atoms with van der Waals surface area (Å²) in [6.45, 7) is 6.77. The Hall–Kier alpha value is -2.94. The summed E-state index contributed by atoms with van der Waals surface area (Å²) >= 11 is 12.3. The summed E-state index contributed by atoms with van der Waals surface area (Å²) in [5.74, 6) is -0.448. The molecule has 204 valence electrons. The second kappa shape index (κ2) is 12.7. The fourth-order valence-corrected chi connectivity index (χ4v) is 5.11. The van der Waals surface area contributed by atoms with Crippen LogP contribution in [0.4, 0.5) is 0 Å². The minimum atomic E-state index is -0.587. The highest BCUT2D eigenvalue weighted by Gasteiger charge is 2.41. The van der Waals surface area contributed by atoms with Gasteiger partial charge in [-0.05, 0) is 48.2 Å². The second-order valence-corrected chi connectivity index (χ2v) is 11.4. The molecule has 1 saturated heterocycles. The van der Waals surface area contributed by atoms with Gasteiger partial charge in [-0.3, -0.25) is 14.4 Å². The Balaban J connectivity index is 1.61. The highest BCUT2D eigenvalue weighted by molar-refractivity contribution is 6.42. The van der Waals surface area contributed by atoms with E-state index in [-0.39, 0.29) is 29.8 Å². The number of amides is 3. The molecule has 3 atom stereocenters. The van der Waals surface area contributed by atoms with Crippen LogP contribution in [-0.2, 0) is 27.5 Å². The molecule has 3 amide bonds. The average Bonchev–Trinajstić information content (AvgIpc) is 3.29. The summed E-state index contributed by atoms with van der Waals surface area (Å²) < 4.78 is 0. The number of likely N-dealkylation sites (N-methyl/N-ethyl adjacent to an activating group) is 1. The number of rotatable bonds is 10. The molecule has 2 aromatic rings. The van der Waals surface area contributed by atoms with Crippen molar-refractivity contribution < 1.29 is 19.2 Å². The Morgan fingerprint density at radius 3 is 2.37 bits per heavy atom. The van der Waals surface area contributed by atoms with Crippen molar-refractivity contribution in [1.82, 2.24) is 20.4 Å². The van der Waals surface area contributed by atoms with Gasteiger partial charge >= 0.3 is 0 Å². The first-order valence-corrected chi connectivity index (χ1v) is 13.2. The van der Waals surface area contributed by atoms with Gasteiger partial charge in [0.25, 0.3) is 5.91 Å². The fourth-order valence-electron chi connectivity index (χ4n) is 4.73. The third-order valence-electron chi connectivity index (χ3n) is 6.68. The maximum absolute atomic E-state index is 13.1. The minimum Gasteiger partial charge on any atom is -0.347 e. The van der Waals surface area contributed by atoms with E-state index >= 15 is 0 Å². The summed E-state index contributed by atoms with van der Waals surface area (Å²) in [6.07, 6.45) is 1.87. The van der Waals surface area contributed by atoms with Crippen molar-refractivity contribution in [2.75, 3.05) is 13.6 Å². The molecule has 0 aliphatic carbocycles. The number of likely N-dealkylation sites (tertiary alicyclic amines) is 1. The van der Waals surface area contributed by atoms with Crippen LogP contribution in [-0.4, -0.2) is 66.0 Å². The number of aldehydes is 1. The number of carbonyl (C=O) groups excluding carboxylic acids is 4. The standard InChI is InChI=1S/C28H34Cl2N4O4/c1-28(2,3)25(31-4)27(38)34-15-21(12-22(34)16-35)32-26(37)19-10-8-18(9-11-19)13-33(17-36)14-20-6-5-7-23(29)24(20)30/h5-11,16-17,21-22,25,31H,12-15H2,1-4H3,(H,32,37). The largest absolute Gasteiger partial charge is 0.347 e. The molecule has 2 aromatic carbocycles. The van der Waals surface area contributed by atoms with Crippen molar-refractivity contribution in [2.45, 2.75) is 58.4 Å². The highest BCUT2D eigenvalue weighted by Crippen LogP contribution is 2.27. The molecular weight excluding hydrogens is 527 g/mol. The van der Waals surface area contributed by atoms with Gasteiger partial charge < -0.3 is 25.2 Å². The Bertz CT molecular complexity index is 1170. The highest BCUT2D eigenvalue weighted by atomic mass is 35.5. The zero-order valence-corrected chi connectivity index (χ0v) is 23.6. The second-order valence-electron chi connectivity index (χ2n) is 10.6. The Morgan fingerprint density at radius 1 is 1.11 bits per heavy atom. The summed E-state index contributed by atoms with van der Waals surface area (Å²) in [5.41, 5.74) is 1.69. The van der Waals surface area contributed by atoms with Gasteiger partial charge in [-0.15, -0.1) is 0 Å². The van der Waals surface area contributed by atoms with E-state index in [9.17, 15) is 19.2 Å². The number of hydrogen-bond acceptors (Lipinski definition) is 5. The molecule has 0 spiro atoms. The first kappa shape index (κ1) is 29.6. The normalized spacial score (nSPS) is 18.1. The zero-order valence-electron chi connectivity index (χ0n) is 22.0. The van der Waals surface area contributed by atoms with E-state index in [1.54, 1.807) is 53.2 Å². The van der Waals surface area contributed by atoms with Crippen LogP contribution in [0.3, 0.4) is 0 Å². The lowest BCUT2D eigenvalue weighted by Crippen LogP contribution is -2.53. The number of nitrogens with one attached hydrogen (secondary N) is 2. The summed E-state index contributed by atoms with van der Waals surface area (Å²) in [5, 5.41) is 6.84. The first-order chi connectivity index (χ1) is 18.0. The van der Waals surface area contributed by atoms with Gasteiger partial charge in [0.05, 0.1) is 22.1 Å². The smallest absolute Gasteiger partial charge is 0.251 e. The average molecular weight is 562 g/mol. The SMILES string of the molecule is CNC(C(=O)N1CC(NC(=O)c2ccc(CN(C=O)Cc3cccc(Cl)c3Cl)cc2)CC1C=O)C(C)(C)C. The first-order valence-electron chi connectivity index (χ1n) is 12.4. The maximum Gasteiger partial charge on any atom is 0.251 e. The number of carbonyl (C=O) groups is 4. The van der Waals surface area contributed by atoms with E-state index in [1.165, 1.54) is 0 Å². The molecule has 1 fully saturated rings. The third kappa shape index (κ3) is 7.12. The molecule has 1 heterocycles. The molecule has 0 radical (unpaired) electrons. The van der Waals surface area contributed by atoms with Gasteiger partial charge in [-0.1, -0.05) is 68.2 Å². The molecule has 1 aliphatic rings. The van der Waals surface area contributed by atoms with Crippen LogP contribution in [0.25, 0.3) is 0 Å². The van der Waals surface area contributed by atoms with Gasteiger partial charge in [-0.25, -0.2) is 0 Å². The summed E-state index contributed by atoms with van der Waals surface area (Å²) in [4.78, 5) is 52.5. The van der Waals surface area contributed by atoms with Crippen LogP contribution in [0.15, 0.2) is 42.5 Å².